The lowest BCUT2D eigenvalue weighted by molar-refractivity contribution is 0.577. The van der Waals surface area contributed by atoms with Gasteiger partial charge in [0.05, 0.1) is 9.79 Å². The summed E-state index contributed by atoms with van der Waals surface area (Å²) in [5.74, 6) is 0. The van der Waals surface area contributed by atoms with Gasteiger partial charge >= 0.3 is 0 Å². The first-order valence-corrected chi connectivity index (χ1v) is 17.6. The fourth-order valence-corrected chi connectivity index (χ4v) is 6.89. The summed E-state index contributed by atoms with van der Waals surface area (Å²) >= 11 is 0. The summed E-state index contributed by atoms with van der Waals surface area (Å²) in [5.41, 5.74) is 6.75. The van der Waals surface area contributed by atoms with Gasteiger partial charge in [-0.3, -0.25) is 0 Å². The van der Waals surface area contributed by atoms with Crippen molar-refractivity contribution in [1.29, 1.82) is 0 Å². The summed E-state index contributed by atoms with van der Waals surface area (Å²) in [6.07, 6.45) is 2.99. The molecular formula is C34H41N3O4S2. The molecular weight excluding hydrogens is 579 g/mol. The topological polar surface area (TPSA) is 104 Å². The number of rotatable bonds is 16. The van der Waals surface area contributed by atoms with Crippen molar-refractivity contribution in [3.63, 3.8) is 0 Å². The van der Waals surface area contributed by atoms with Gasteiger partial charge in [0.2, 0.25) is 20.0 Å². The maximum atomic E-state index is 12.5. The van der Waals surface area contributed by atoms with Gasteiger partial charge in [-0.25, -0.2) is 26.3 Å². The number of hydrogen-bond donors (Lipinski definition) is 3. The lowest BCUT2D eigenvalue weighted by Gasteiger charge is -2.10. The normalized spacial score (nSPS) is 12.0. The molecule has 43 heavy (non-hydrogen) atoms. The molecule has 0 fully saturated rings. The van der Waals surface area contributed by atoms with Crippen LogP contribution >= 0.6 is 0 Å². The average Bonchev–Trinajstić information content (AvgIpc) is 2.99. The molecule has 0 amide bonds. The molecule has 228 valence electrons. The van der Waals surface area contributed by atoms with Crippen LogP contribution in [0.4, 0.5) is 0 Å². The highest BCUT2D eigenvalue weighted by Crippen LogP contribution is 2.13. The monoisotopic (exact) mass is 619 g/mol. The standard InChI is InChI=1S/C34H41N3O4S2/c1-27-13-17-33(18-14-27)42(38,39)36-21-5-11-29-7-3-9-31(23-29)25-35-26-32-10-4-8-30(24-32)12-6-22-37-43(40,41)34-19-15-28(2)16-20-34/h3-4,7-10,13-20,23-24,35-37H,5-6,11-12,21-22,25-26H2,1-2H3. The Bertz CT molecular complexity index is 1560. The maximum Gasteiger partial charge on any atom is 0.240 e. The molecule has 4 aromatic carbocycles. The van der Waals surface area contributed by atoms with Gasteiger partial charge in [-0.2, -0.15) is 0 Å². The zero-order valence-electron chi connectivity index (χ0n) is 24.8. The summed E-state index contributed by atoms with van der Waals surface area (Å²) in [4.78, 5) is 0.580. The van der Waals surface area contributed by atoms with Crippen LogP contribution in [0.5, 0.6) is 0 Å². The van der Waals surface area contributed by atoms with Crippen molar-refractivity contribution >= 4 is 20.0 Å². The average molecular weight is 620 g/mol. The molecule has 0 unspecified atom stereocenters. The molecule has 0 spiro atoms. The highest BCUT2D eigenvalue weighted by molar-refractivity contribution is 7.89. The number of nitrogens with one attached hydrogen (secondary N) is 3. The quantitative estimate of drug-likeness (QED) is 0.146. The first-order chi connectivity index (χ1) is 20.6. The van der Waals surface area contributed by atoms with E-state index in [1.54, 1.807) is 48.5 Å². The third-order valence-electron chi connectivity index (χ3n) is 7.17. The molecule has 7 nitrogen and oxygen atoms in total. The molecule has 4 aromatic rings. The Morgan fingerprint density at radius 1 is 0.512 bits per heavy atom. The summed E-state index contributed by atoms with van der Waals surface area (Å²) in [6.45, 7) is 6.07. The van der Waals surface area contributed by atoms with Gasteiger partial charge in [0.25, 0.3) is 0 Å². The summed E-state index contributed by atoms with van der Waals surface area (Å²) in [6, 6.07) is 30.4. The Morgan fingerprint density at radius 2 is 0.884 bits per heavy atom. The van der Waals surface area contributed by atoms with Gasteiger partial charge in [0, 0.05) is 26.2 Å². The molecule has 0 atom stereocenters. The molecule has 0 aliphatic heterocycles. The predicted octanol–water partition coefficient (Wildman–Crippen LogP) is 5.42. The first-order valence-electron chi connectivity index (χ1n) is 14.6. The van der Waals surface area contributed by atoms with Crippen molar-refractivity contribution in [2.45, 2.75) is 62.4 Å². The van der Waals surface area contributed by atoms with Gasteiger partial charge in [-0.05, 0) is 86.1 Å². The van der Waals surface area contributed by atoms with E-state index in [1.165, 1.54) is 22.3 Å². The largest absolute Gasteiger partial charge is 0.309 e. The Kier molecular flexibility index (Phi) is 11.7. The Balaban J connectivity index is 1.17. The fraction of sp³-hybridized carbons (Fsp3) is 0.294. The maximum absolute atomic E-state index is 12.5. The van der Waals surface area contributed by atoms with Crippen LogP contribution in [0.25, 0.3) is 0 Å². The van der Waals surface area contributed by atoms with Gasteiger partial charge < -0.3 is 5.32 Å². The van der Waals surface area contributed by atoms with Crippen LogP contribution in [0.15, 0.2) is 107 Å². The van der Waals surface area contributed by atoms with Gasteiger partial charge in [-0.1, -0.05) is 83.9 Å². The Labute approximate surface area is 256 Å². The molecule has 0 saturated heterocycles. The second-order valence-electron chi connectivity index (χ2n) is 10.9. The first kappa shape index (κ1) is 32.6. The second kappa shape index (κ2) is 15.4. The van der Waals surface area contributed by atoms with Crippen LogP contribution in [-0.2, 0) is 46.0 Å². The Morgan fingerprint density at radius 3 is 1.28 bits per heavy atom. The van der Waals surface area contributed by atoms with Gasteiger partial charge in [-0.15, -0.1) is 0 Å². The van der Waals surface area contributed by atoms with Gasteiger partial charge in [0.1, 0.15) is 0 Å². The van der Waals surface area contributed by atoms with E-state index in [4.69, 9.17) is 0 Å². The van der Waals surface area contributed by atoms with E-state index in [0.717, 1.165) is 37.1 Å². The van der Waals surface area contributed by atoms with E-state index in [1.807, 2.05) is 26.0 Å². The minimum Gasteiger partial charge on any atom is -0.309 e. The zero-order valence-corrected chi connectivity index (χ0v) is 26.5. The van der Waals surface area contributed by atoms with Crippen LogP contribution in [0, 0.1) is 13.8 Å². The molecule has 9 heteroatoms. The van der Waals surface area contributed by atoms with Crippen LogP contribution in [0.1, 0.15) is 46.2 Å². The molecule has 4 rings (SSSR count). The minimum absolute atomic E-state index is 0.290. The Hall–Kier alpha value is -3.34. The van der Waals surface area contributed by atoms with E-state index < -0.39 is 20.0 Å². The van der Waals surface area contributed by atoms with Crippen molar-refractivity contribution in [3.05, 3.63) is 130 Å². The lowest BCUT2D eigenvalue weighted by Crippen LogP contribution is -2.25. The second-order valence-corrected chi connectivity index (χ2v) is 14.4. The molecule has 0 heterocycles. The predicted molar refractivity (Wildman–Crippen MR) is 173 cm³/mol. The molecule has 0 bridgehead atoms. The smallest absolute Gasteiger partial charge is 0.240 e. The zero-order chi connectivity index (χ0) is 30.7. The number of sulfonamides is 2. The van der Waals surface area contributed by atoms with Crippen LogP contribution < -0.4 is 14.8 Å². The van der Waals surface area contributed by atoms with Crippen LogP contribution in [0.2, 0.25) is 0 Å². The molecule has 0 saturated carbocycles. The van der Waals surface area contributed by atoms with E-state index in [2.05, 4.69) is 51.2 Å². The SMILES string of the molecule is Cc1ccc(S(=O)(=O)NCCCc2cccc(CNCc3cccc(CCCNS(=O)(=O)c4ccc(C)cc4)c3)c2)cc1. The van der Waals surface area contributed by atoms with E-state index in [9.17, 15) is 16.8 Å². The summed E-state index contributed by atoms with van der Waals surface area (Å²) < 4.78 is 55.3. The molecule has 0 aromatic heterocycles. The van der Waals surface area contributed by atoms with E-state index >= 15 is 0 Å². The number of benzene rings is 4. The van der Waals surface area contributed by atoms with Crippen molar-refractivity contribution in [3.8, 4) is 0 Å². The third kappa shape index (κ3) is 10.4. The number of aryl methyl sites for hydroxylation is 4. The molecule has 0 radical (unpaired) electrons. The highest BCUT2D eigenvalue weighted by atomic mass is 32.2. The fourth-order valence-electron chi connectivity index (χ4n) is 4.74. The summed E-state index contributed by atoms with van der Waals surface area (Å²) in [7, 11) is -6.99. The van der Waals surface area contributed by atoms with Crippen LogP contribution in [-0.4, -0.2) is 29.9 Å². The summed E-state index contributed by atoms with van der Waals surface area (Å²) in [5, 5.41) is 3.51. The van der Waals surface area contributed by atoms with Crippen molar-refractivity contribution in [2.24, 2.45) is 0 Å². The molecule has 0 aliphatic carbocycles. The molecule has 0 aliphatic rings. The van der Waals surface area contributed by atoms with E-state index in [-0.39, 0.29) is 9.79 Å². The number of hydrogen-bond acceptors (Lipinski definition) is 5. The third-order valence-corrected chi connectivity index (χ3v) is 10.1. The van der Waals surface area contributed by atoms with Crippen molar-refractivity contribution in [1.82, 2.24) is 14.8 Å². The van der Waals surface area contributed by atoms with Crippen LogP contribution in [0.3, 0.4) is 0 Å². The minimum atomic E-state index is -3.49. The van der Waals surface area contributed by atoms with Crippen molar-refractivity contribution in [2.75, 3.05) is 13.1 Å². The lowest BCUT2D eigenvalue weighted by atomic mass is 10.1. The molecule has 3 N–H and O–H groups in total. The highest BCUT2D eigenvalue weighted by Gasteiger charge is 2.13. The van der Waals surface area contributed by atoms with Gasteiger partial charge in [0.15, 0.2) is 0 Å². The van der Waals surface area contributed by atoms with E-state index in [0.29, 0.717) is 25.9 Å². The van der Waals surface area contributed by atoms with Crippen molar-refractivity contribution < 1.29 is 16.8 Å².